The maximum absolute atomic E-state index is 12.7. The molecule has 1 aliphatic heterocycles. The van der Waals surface area contributed by atoms with Crippen molar-refractivity contribution in [3.8, 4) is 0 Å². The lowest BCUT2D eigenvalue weighted by Crippen LogP contribution is -2.31. The van der Waals surface area contributed by atoms with Crippen LogP contribution in [-0.2, 0) is 10.0 Å². The molecule has 7 heteroatoms. The van der Waals surface area contributed by atoms with Gasteiger partial charge >= 0.3 is 5.97 Å². The van der Waals surface area contributed by atoms with Crippen LogP contribution in [0.3, 0.4) is 0 Å². The van der Waals surface area contributed by atoms with Gasteiger partial charge in [-0.05, 0) is 32.8 Å². The first kappa shape index (κ1) is 16.0. The summed E-state index contributed by atoms with van der Waals surface area (Å²) in [4.78, 5) is 11.3. The fourth-order valence-corrected chi connectivity index (χ4v) is 4.17. The molecular weight excluding hydrogens is 292 g/mol. The molecule has 0 bridgehead atoms. The first-order chi connectivity index (χ1) is 9.84. The van der Waals surface area contributed by atoms with Crippen LogP contribution in [0.2, 0.25) is 0 Å². The normalized spacial score (nSPS) is 17.9. The zero-order valence-electron chi connectivity index (χ0n) is 12.4. The van der Waals surface area contributed by atoms with Gasteiger partial charge in [0, 0.05) is 25.3 Å². The van der Waals surface area contributed by atoms with Crippen molar-refractivity contribution in [2.45, 2.75) is 50.5 Å². The highest BCUT2D eigenvalue weighted by Crippen LogP contribution is 2.24. The number of sulfonamides is 1. The van der Waals surface area contributed by atoms with E-state index in [9.17, 15) is 18.3 Å². The Hall–Kier alpha value is -1.34. The molecule has 0 aliphatic carbocycles. The maximum atomic E-state index is 12.7. The van der Waals surface area contributed by atoms with Crippen LogP contribution in [0.15, 0.2) is 17.2 Å². The summed E-state index contributed by atoms with van der Waals surface area (Å²) >= 11 is 0. The van der Waals surface area contributed by atoms with Crippen molar-refractivity contribution in [3.05, 3.63) is 18.0 Å². The van der Waals surface area contributed by atoms with E-state index in [0.717, 1.165) is 25.7 Å². The predicted molar refractivity (Wildman–Crippen MR) is 79.0 cm³/mol. The Morgan fingerprint density at radius 3 is 2.19 bits per heavy atom. The Labute approximate surface area is 125 Å². The molecule has 1 fully saturated rings. The second kappa shape index (κ2) is 6.19. The van der Waals surface area contributed by atoms with E-state index < -0.39 is 16.0 Å². The molecule has 1 saturated heterocycles. The highest BCUT2D eigenvalue weighted by Gasteiger charge is 2.28. The molecule has 1 aromatic rings. The van der Waals surface area contributed by atoms with Crippen LogP contribution < -0.4 is 0 Å². The summed E-state index contributed by atoms with van der Waals surface area (Å²) in [5.74, 6) is -1.11. The number of carbonyl (C=O) groups is 1. The van der Waals surface area contributed by atoms with Crippen molar-refractivity contribution in [2.24, 2.45) is 0 Å². The Morgan fingerprint density at radius 2 is 1.76 bits per heavy atom. The van der Waals surface area contributed by atoms with Crippen molar-refractivity contribution in [3.63, 3.8) is 0 Å². The van der Waals surface area contributed by atoms with Gasteiger partial charge in [-0.2, -0.15) is 4.31 Å². The van der Waals surface area contributed by atoms with E-state index in [1.54, 1.807) is 0 Å². The standard InChI is InChI=1S/C14H22N2O4S/c1-11(2)16-10-12(9-13(16)14(17)18)21(19,20)15-7-5-3-4-6-8-15/h9-11H,3-8H2,1-2H3,(H,17,18). The van der Waals surface area contributed by atoms with Crippen molar-refractivity contribution in [1.82, 2.24) is 8.87 Å². The molecule has 0 unspecified atom stereocenters. The molecule has 1 N–H and O–H groups in total. The Balaban J connectivity index is 2.40. The average Bonchev–Trinajstić information content (AvgIpc) is 2.69. The van der Waals surface area contributed by atoms with Crippen molar-refractivity contribution in [1.29, 1.82) is 0 Å². The zero-order chi connectivity index (χ0) is 15.6. The van der Waals surface area contributed by atoms with Crippen LogP contribution in [-0.4, -0.2) is 41.5 Å². The molecule has 0 aromatic carbocycles. The van der Waals surface area contributed by atoms with Crippen LogP contribution in [0.25, 0.3) is 0 Å². The van der Waals surface area contributed by atoms with E-state index in [1.165, 1.54) is 21.1 Å². The van der Waals surface area contributed by atoms with Crippen LogP contribution >= 0.6 is 0 Å². The molecular formula is C14H22N2O4S. The Bertz CT molecular complexity index is 611. The van der Waals surface area contributed by atoms with Gasteiger partial charge in [-0.25, -0.2) is 13.2 Å². The van der Waals surface area contributed by atoms with E-state index in [2.05, 4.69) is 0 Å². The Kier molecular flexibility index (Phi) is 4.73. The minimum atomic E-state index is -3.60. The monoisotopic (exact) mass is 314 g/mol. The lowest BCUT2D eigenvalue weighted by Gasteiger charge is -2.19. The number of nitrogens with zero attached hydrogens (tertiary/aromatic N) is 2. The SMILES string of the molecule is CC(C)n1cc(S(=O)(=O)N2CCCCCC2)cc1C(=O)O. The molecule has 0 spiro atoms. The third-order valence-electron chi connectivity index (χ3n) is 3.80. The minimum absolute atomic E-state index is 0.0124. The average molecular weight is 314 g/mol. The number of hydrogen-bond acceptors (Lipinski definition) is 3. The molecule has 2 heterocycles. The minimum Gasteiger partial charge on any atom is -0.477 e. The van der Waals surface area contributed by atoms with Gasteiger partial charge in [0.05, 0.1) is 0 Å². The smallest absolute Gasteiger partial charge is 0.352 e. The van der Waals surface area contributed by atoms with Gasteiger partial charge in [-0.15, -0.1) is 0 Å². The molecule has 118 valence electrons. The van der Waals surface area contributed by atoms with Gasteiger partial charge in [-0.1, -0.05) is 12.8 Å². The van der Waals surface area contributed by atoms with E-state index in [0.29, 0.717) is 13.1 Å². The molecule has 6 nitrogen and oxygen atoms in total. The highest BCUT2D eigenvalue weighted by molar-refractivity contribution is 7.89. The van der Waals surface area contributed by atoms with Crippen LogP contribution in [0, 0.1) is 0 Å². The molecule has 0 saturated carbocycles. The summed E-state index contributed by atoms with van der Waals surface area (Å²) in [6.07, 6.45) is 5.24. The lowest BCUT2D eigenvalue weighted by atomic mass is 10.2. The number of rotatable bonds is 4. The van der Waals surface area contributed by atoms with Crippen LogP contribution in [0.1, 0.15) is 56.1 Å². The van der Waals surface area contributed by atoms with E-state index in [4.69, 9.17) is 0 Å². The largest absolute Gasteiger partial charge is 0.477 e. The molecule has 0 amide bonds. The van der Waals surface area contributed by atoms with Crippen molar-refractivity contribution in [2.75, 3.05) is 13.1 Å². The fraction of sp³-hybridized carbons (Fsp3) is 0.643. The fourth-order valence-electron chi connectivity index (χ4n) is 2.62. The number of aromatic carboxylic acids is 1. The summed E-state index contributed by atoms with van der Waals surface area (Å²) in [6, 6.07) is 1.16. The number of carboxylic acids is 1. The summed E-state index contributed by atoms with van der Waals surface area (Å²) in [5, 5.41) is 9.22. The summed E-state index contributed by atoms with van der Waals surface area (Å²) in [6.45, 7) is 4.68. The highest BCUT2D eigenvalue weighted by atomic mass is 32.2. The van der Waals surface area contributed by atoms with Gasteiger partial charge in [0.2, 0.25) is 10.0 Å². The molecule has 1 aliphatic rings. The third-order valence-corrected chi connectivity index (χ3v) is 5.67. The van der Waals surface area contributed by atoms with Gasteiger partial charge < -0.3 is 9.67 Å². The maximum Gasteiger partial charge on any atom is 0.352 e. The topological polar surface area (TPSA) is 79.6 Å². The van der Waals surface area contributed by atoms with Gasteiger partial charge in [0.15, 0.2) is 0 Å². The Morgan fingerprint density at radius 1 is 1.19 bits per heavy atom. The second-order valence-corrected chi connectivity index (χ2v) is 7.62. The molecule has 0 radical (unpaired) electrons. The number of hydrogen-bond donors (Lipinski definition) is 1. The van der Waals surface area contributed by atoms with Crippen molar-refractivity contribution < 1.29 is 18.3 Å². The first-order valence-electron chi connectivity index (χ1n) is 7.29. The van der Waals surface area contributed by atoms with Crippen molar-refractivity contribution >= 4 is 16.0 Å². The lowest BCUT2D eigenvalue weighted by molar-refractivity contribution is 0.0683. The summed E-state index contributed by atoms with van der Waals surface area (Å²) < 4.78 is 28.3. The first-order valence-corrected chi connectivity index (χ1v) is 8.73. The van der Waals surface area contributed by atoms with Gasteiger partial charge in [0.25, 0.3) is 0 Å². The summed E-state index contributed by atoms with van der Waals surface area (Å²) in [7, 11) is -3.60. The predicted octanol–water partition coefficient (Wildman–Crippen LogP) is 2.33. The third kappa shape index (κ3) is 3.29. The summed E-state index contributed by atoms with van der Waals surface area (Å²) in [5.41, 5.74) is 0.0124. The van der Waals surface area contributed by atoms with E-state index >= 15 is 0 Å². The van der Waals surface area contributed by atoms with E-state index in [1.807, 2.05) is 13.8 Å². The molecule has 21 heavy (non-hydrogen) atoms. The van der Waals surface area contributed by atoms with E-state index in [-0.39, 0.29) is 16.6 Å². The molecule has 1 aromatic heterocycles. The number of aromatic nitrogens is 1. The molecule has 2 rings (SSSR count). The second-order valence-electron chi connectivity index (χ2n) is 5.69. The van der Waals surface area contributed by atoms with Crippen LogP contribution in [0.5, 0.6) is 0 Å². The quantitative estimate of drug-likeness (QED) is 0.925. The van der Waals surface area contributed by atoms with Gasteiger partial charge in [-0.3, -0.25) is 0 Å². The van der Waals surface area contributed by atoms with Gasteiger partial charge in [0.1, 0.15) is 10.6 Å². The number of carboxylic acid groups (broad SMARTS) is 1. The molecule has 0 atom stereocenters. The van der Waals surface area contributed by atoms with Crippen LogP contribution in [0.4, 0.5) is 0 Å². The zero-order valence-corrected chi connectivity index (χ0v) is 13.3.